The molecule has 3 heteroatoms. The molecule has 0 saturated carbocycles. The zero-order chi connectivity index (χ0) is 12.7. The van der Waals surface area contributed by atoms with Gasteiger partial charge < -0.3 is 9.47 Å². The largest absolute Gasteiger partial charge is 0.491 e. The molecule has 1 aromatic rings. The summed E-state index contributed by atoms with van der Waals surface area (Å²) in [4.78, 5) is 11.2. The van der Waals surface area contributed by atoms with Gasteiger partial charge in [0.1, 0.15) is 12.4 Å². The molecule has 0 spiro atoms. The van der Waals surface area contributed by atoms with Crippen LogP contribution in [0.1, 0.15) is 36.2 Å². The lowest BCUT2D eigenvalue weighted by molar-refractivity contribution is 0.0999. The highest BCUT2D eigenvalue weighted by atomic mass is 16.5. The normalized spacial score (nSPS) is 10.3. The minimum atomic E-state index is 0.0749. The zero-order valence-corrected chi connectivity index (χ0v) is 10.8. The average molecular weight is 236 g/mol. The molecule has 17 heavy (non-hydrogen) atoms. The van der Waals surface area contributed by atoms with E-state index in [0.717, 1.165) is 29.9 Å². The van der Waals surface area contributed by atoms with Gasteiger partial charge in [-0.3, -0.25) is 4.79 Å². The van der Waals surface area contributed by atoms with Gasteiger partial charge in [0.2, 0.25) is 0 Å². The third-order valence-corrected chi connectivity index (χ3v) is 2.42. The predicted molar refractivity (Wildman–Crippen MR) is 67.8 cm³/mol. The molecule has 1 rings (SSSR count). The summed E-state index contributed by atoms with van der Waals surface area (Å²) in [5.41, 5.74) is 1.70. The van der Waals surface area contributed by atoms with Crippen LogP contribution in [0.25, 0.3) is 0 Å². The van der Waals surface area contributed by atoms with Gasteiger partial charge >= 0.3 is 0 Å². The predicted octanol–water partition coefficient (Wildman–Crippen LogP) is 3.00. The minimum absolute atomic E-state index is 0.0749. The number of carbonyl (C=O) groups excluding carboxylic acids is 1. The van der Waals surface area contributed by atoms with Crippen molar-refractivity contribution in [3.63, 3.8) is 0 Å². The molecule has 3 nitrogen and oxygen atoms in total. The van der Waals surface area contributed by atoms with E-state index in [4.69, 9.17) is 9.47 Å². The lowest BCUT2D eigenvalue weighted by Crippen LogP contribution is -2.08. The molecule has 0 aromatic heterocycles. The monoisotopic (exact) mass is 236 g/mol. The van der Waals surface area contributed by atoms with Crippen LogP contribution in [-0.2, 0) is 4.74 Å². The molecule has 0 radical (unpaired) electrons. The summed E-state index contributed by atoms with van der Waals surface area (Å²) < 4.78 is 10.9. The topological polar surface area (TPSA) is 35.5 Å². The summed E-state index contributed by atoms with van der Waals surface area (Å²) >= 11 is 0. The number of hydrogen-bond donors (Lipinski definition) is 0. The number of Topliss-reactive ketones (excluding diaryl/α,β-unsaturated/α-hetero) is 1. The molecule has 0 aliphatic rings. The average Bonchev–Trinajstić information content (AvgIpc) is 2.30. The Morgan fingerprint density at radius 2 is 2.00 bits per heavy atom. The Balaban J connectivity index is 2.46. The van der Waals surface area contributed by atoms with E-state index in [1.54, 1.807) is 13.0 Å². The third-order valence-electron chi connectivity index (χ3n) is 2.42. The first-order valence-electron chi connectivity index (χ1n) is 5.97. The van der Waals surface area contributed by atoms with E-state index >= 15 is 0 Å². The maximum atomic E-state index is 11.2. The van der Waals surface area contributed by atoms with Crippen LogP contribution in [0.15, 0.2) is 18.2 Å². The highest BCUT2D eigenvalue weighted by Crippen LogP contribution is 2.19. The number of rotatable bonds is 7. The fourth-order valence-corrected chi connectivity index (χ4v) is 1.49. The Morgan fingerprint density at radius 1 is 1.24 bits per heavy atom. The Morgan fingerprint density at radius 3 is 2.59 bits per heavy atom. The van der Waals surface area contributed by atoms with Gasteiger partial charge in [0, 0.05) is 12.2 Å². The second-order valence-corrected chi connectivity index (χ2v) is 4.00. The maximum Gasteiger partial charge on any atom is 0.159 e. The molecule has 94 valence electrons. The van der Waals surface area contributed by atoms with Gasteiger partial charge in [-0.25, -0.2) is 0 Å². The quantitative estimate of drug-likeness (QED) is 0.539. The Hall–Kier alpha value is -1.35. The highest BCUT2D eigenvalue weighted by Gasteiger charge is 2.04. The SMILES string of the molecule is CCCOCCOc1ccc(C(C)=O)cc1C. The van der Waals surface area contributed by atoms with Crippen molar-refractivity contribution in [1.82, 2.24) is 0 Å². The molecule has 0 bridgehead atoms. The molecule has 0 heterocycles. The molecule has 0 aliphatic heterocycles. The number of ketones is 1. The minimum Gasteiger partial charge on any atom is -0.491 e. The molecule has 1 aromatic carbocycles. The molecule has 0 aliphatic carbocycles. The van der Waals surface area contributed by atoms with Gasteiger partial charge in [0.15, 0.2) is 5.78 Å². The van der Waals surface area contributed by atoms with Crippen LogP contribution in [0, 0.1) is 6.92 Å². The number of benzene rings is 1. The first kappa shape index (κ1) is 13.7. The number of carbonyl (C=O) groups is 1. The molecule has 0 atom stereocenters. The molecule has 0 saturated heterocycles. The first-order valence-corrected chi connectivity index (χ1v) is 5.97. The molecular formula is C14H20O3. The molecule has 0 N–H and O–H groups in total. The summed E-state index contributed by atoms with van der Waals surface area (Å²) in [6.45, 7) is 7.49. The van der Waals surface area contributed by atoms with E-state index in [2.05, 4.69) is 6.92 Å². The summed E-state index contributed by atoms with van der Waals surface area (Å²) in [6, 6.07) is 5.48. The number of hydrogen-bond acceptors (Lipinski definition) is 3. The molecular weight excluding hydrogens is 216 g/mol. The van der Waals surface area contributed by atoms with Gasteiger partial charge in [0.25, 0.3) is 0 Å². The van der Waals surface area contributed by atoms with E-state index in [-0.39, 0.29) is 5.78 Å². The van der Waals surface area contributed by atoms with Crippen molar-refractivity contribution in [2.45, 2.75) is 27.2 Å². The van der Waals surface area contributed by atoms with Crippen molar-refractivity contribution < 1.29 is 14.3 Å². The summed E-state index contributed by atoms with van der Waals surface area (Å²) in [5.74, 6) is 0.890. The van der Waals surface area contributed by atoms with Crippen LogP contribution < -0.4 is 4.74 Å². The lowest BCUT2D eigenvalue weighted by Gasteiger charge is -2.10. The van der Waals surface area contributed by atoms with Crippen molar-refractivity contribution in [1.29, 1.82) is 0 Å². The molecule has 0 amide bonds. The zero-order valence-electron chi connectivity index (χ0n) is 10.8. The Labute approximate surface area is 103 Å². The van der Waals surface area contributed by atoms with E-state index in [1.807, 2.05) is 19.1 Å². The first-order chi connectivity index (χ1) is 8.15. The van der Waals surface area contributed by atoms with E-state index in [0.29, 0.717) is 13.2 Å². The van der Waals surface area contributed by atoms with Gasteiger partial charge in [-0.05, 0) is 44.0 Å². The second kappa shape index (κ2) is 7.07. The van der Waals surface area contributed by atoms with Crippen LogP contribution in [0.5, 0.6) is 5.75 Å². The van der Waals surface area contributed by atoms with E-state index in [9.17, 15) is 4.79 Å². The Kier molecular flexibility index (Phi) is 5.70. The Bertz CT molecular complexity index is 372. The fourth-order valence-electron chi connectivity index (χ4n) is 1.49. The molecule has 0 unspecified atom stereocenters. The standard InChI is InChI=1S/C14H20O3/c1-4-7-16-8-9-17-14-6-5-13(12(3)15)10-11(14)2/h5-6,10H,4,7-9H2,1-3H3. The van der Waals surface area contributed by atoms with E-state index in [1.165, 1.54) is 0 Å². The van der Waals surface area contributed by atoms with Crippen molar-refractivity contribution in [3.8, 4) is 5.75 Å². The van der Waals surface area contributed by atoms with Crippen molar-refractivity contribution >= 4 is 5.78 Å². The number of aryl methyl sites for hydroxylation is 1. The second-order valence-electron chi connectivity index (χ2n) is 4.00. The van der Waals surface area contributed by atoms with E-state index < -0.39 is 0 Å². The van der Waals surface area contributed by atoms with Crippen molar-refractivity contribution in [2.75, 3.05) is 19.8 Å². The summed E-state index contributed by atoms with van der Waals surface area (Å²) in [7, 11) is 0. The van der Waals surface area contributed by atoms with Crippen LogP contribution in [0.4, 0.5) is 0 Å². The van der Waals surface area contributed by atoms with Crippen molar-refractivity contribution in [3.05, 3.63) is 29.3 Å². The third kappa shape index (κ3) is 4.57. The number of ether oxygens (including phenoxy) is 2. The summed E-state index contributed by atoms with van der Waals surface area (Å²) in [5, 5.41) is 0. The van der Waals surface area contributed by atoms with Gasteiger partial charge in [-0.15, -0.1) is 0 Å². The molecule has 0 fully saturated rings. The highest BCUT2D eigenvalue weighted by molar-refractivity contribution is 5.94. The van der Waals surface area contributed by atoms with Gasteiger partial charge in [-0.1, -0.05) is 6.92 Å². The van der Waals surface area contributed by atoms with Crippen LogP contribution >= 0.6 is 0 Å². The fraction of sp³-hybridized carbons (Fsp3) is 0.500. The lowest BCUT2D eigenvalue weighted by atomic mass is 10.1. The van der Waals surface area contributed by atoms with Crippen LogP contribution in [-0.4, -0.2) is 25.6 Å². The van der Waals surface area contributed by atoms with Crippen LogP contribution in [0.2, 0.25) is 0 Å². The maximum absolute atomic E-state index is 11.2. The van der Waals surface area contributed by atoms with Crippen molar-refractivity contribution in [2.24, 2.45) is 0 Å². The summed E-state index contributed by atoms with van der Waals surface area (Å²) in [6.07, 6.45) is 1.02. The smallest absolute Gasteiger partial charge is 0.159 e. The van der Waals surface area contributed by atoms with Gasteiger partial charge in [0.05, 0.1) is 6.61 Å². The van der Waals surface area contributed by atoms with Gasteiger partial charge in [-0.2, -0.15) is 0 Å². The van der Waals surface area contributed by atoms with Crippen LogP contribution in [0.3, 0.4) is 0 Å².